The second-order valence-electron chi connectivity index (χ2n) is 9.96. The molecule has 2 aliphatic rings. The summed E-state index contributed by atoms with van der Waals surface area (Å²) in [6.45, 7) is 6.44. The van der Waals surface area contributed by atoms with Crippen molar-refractivity contribution in [2.75, 3.05) is 30.0 Å². The first kappa shape index (κ1) is 24.8. The maximum atomic E-state index is 13.7. The van der Waals surface area contributed by atoms with Crippen LogP contribution in [0.5, 0.6) is 0 Å². The number of fused-ring (bicyclic) bond motifs is 3. The van der Waals surface area contributed by atoms with Crippen LogP contribution in [-0.4, -0.2) is 41.7 Å². The molecule has 4 heterocycles. The quantitative estimate of drug-likeness (QED) is 0.532. The normalized spacial score (nSPS) is 21.0. The molecule has 2 atom stereocenters. The average molecular weight is 504 g/mol. The highest BCUT2D eigenvalue weighted by molar-refractivity contribution is 6.04. The number of pyridine rings is 2. The van der Waals surface area contributed by atoms with E-state index in [-0.39, 0.29) is 11.6 Å². The van der Waals surface area contributed by atoms with Gasteiger partial charge in [0.1, 0.15) is 5.69 Å². The molecule has 190 valence electrons. The number of ether oxygens (including phenoxy) is 1. The van der Waals surface area contributed by atoms with Gasteiger partial charge in [0, 0.05) is 42.2 Å². The Balaban J connectivity index is 1.45. The van der Waals surface area contributed by atoms with Crippen LogP contribution in [0.4, 0.5) is 20.2 Å². The number of aromatic nitrogens is 2. The topological polar surface area (TPSA) is 91.1 Å². The number of nitrogens with one attached hydrogen (secondary N) is 1. The predicted octanol–water partition coefficient (Wildman–Crippen LogP) is 5.11. The van der Waals surface area contributed by atoms with Crippen LogP contribution in [0.15, 0.2) is 48.8 Å². The number of rotatable bonds is 4. The molecule has 0 aliphatic carbocycles. The van der Waals surface area contributed by atoms with Crippen LogP contribution in [0.1, 0.15) is 41.2 Å². The largest absolute Gasteiger partial charge is 0.377 e. The van der Waals surface area contributed by atoms with E-state index in [1.807, 2.05) is 26.0 Å². The number of benzene rings is 1. The van der Waals surface area contributed by atoms with Crippen molar-refractivity contribution in [3.8, 4) is 17.2 Å². The molecule has 2 aliphatic heterocycles. The molecule has 2 aromatic heterocycles. The maximum Gasteiger partial charge on any atom is 0.286 e. The zero-order valence-electron chi connectivity index (χ0n) is 20.9. The summed E-state index contributed by atoms with van der Waals surface area (Å²) in [5.74, 6) is -3.67. The number of aryl methyl sites for hydroxylation is 1. The number of anilines is 2. The number of carbonyl (C=O) groups excluding carboxylic acids is 1. The minimum absolute atomic E-state index is 0.0282. The van der Waals surface area contributed by atoms with Gasteiger partial charge in [-0.3, -0.25) is 14.8 Å². The lowest BCUT2D eigenvalue weighted by Crippen LogP contribution is -2.57. The van der Waals surface area contributed by atoms with E-state index in [1.165, 1.54) is 12.3 Å². The SMILES string of the molecule is Cc1ncc(NC(=O)c2ccnc(C(C)(F)F)c2)cc1-c1ccc2c(c1)N1CCOC[C@H]1C(C)(C#N)C2. The Hall–Kier alpha value is -3.90. The van der Waals surface area contributed by atoms with Gasteiger partial charge in [0.25, 0.3) is 11.8 Å². The standard InChI is InChI=1S/C28H27F2N5O2/c1-17-22(12-21(14-33-17)34-26(36)19-6-7-32-24(11-19)28(3,29)30)18-4-5-20-13-27(2,16-31)25-15-37-9-8-35(25)23(20)10-18/h4-7,10-12,14,25H,8-9,13,15H2,1-3H3,(H,34,36)/t25-,27?/m0/s1. The van der Waals surface area contributed by atoms with Crippen molar-refractivity contribution in [2.24, 2.45) is 5.41 Å². The predicted molar refractivity (Wildman–Crippen MR) is 136 cm³/mol. The number of alkyl halides is 2. The fourth-order valence-electron chi connectivity index (χ4n) is 5.10. The van der Waals surface area contributed by atoms with Crippen LogP contribution < -0.4 is 10.2 Å². The fourth-order valence-corrected chi connectivity index (χ4v) is 5.10. The third-order valence-corrected chi connectivity index (χ3v) is 7.20. The van der Waals surface area contributed by atoms with Crippen molar-refractivity contribution in [2.45, 2.75) is 39.2 Å². The number of nitrogens with zero attached hydrogens (tertiary/aromatic N) is 4. The number of hydrogen-bond donors (Lipinski definition) is 1. The summed E-state index contributed by atoms with van der Waals surface area (Å²) in [4.78, 5) is 23.2. The van der Waals surface area contributed by atoms with Crippen molar-refractivity contribution >= 4 is 17.3 Å². The van der Waals surface area contributed by atoms with E-state index in [2.05, 4.69) is 38.4 Å². The minimum Gasteiger partial charge on any atom is -0.377 e. The van der Waals surface area contributed by atoms with Crippen molar-refractivity contribution < 1.29 is 18.3 Å². The van der Waals surface area contributed by atoms with Crippen LogP contribution in [0.25, 0.3) is 11.1 Å². The van der Waals surface area contributed by atoms with Gasteiger partial charge in [-0.15, -0.1) is 0 Å². The molecule has 3 aromatic rings. The van der Waals surface area contributed by atoms with E-state index < -0.39 is 22.9 Å². The number of amides is 1. The molecule has 5 rings (SSSR count). The number of hydrogen-bond acceptors (Lipinski definition) is 6. The molecule has 0 saturated carbocycles. The molecule has 1 saturated heterocycles. The Morgan fingerprint density at radius 2 is 2.08 bits per heavy atom. The first-order valence-corrected chi connectivity index (χ1v) is 12.1. The maximum absolute atomic E-state index is 13.7. The average Bonchev–Trinajstić information content (AvgIpc) is 2.89. The number of halogens is 2. The molecule has 9 heteroatoms. The Morgan fingerprint density at radius 1 is 1.27 bits per heavy atom. The highest BCUT2D eigenvalue weighted by atomic mass is 19.3. The Labute approximate surface area is 214 Å². The highest BCUT2D eigenvalue weighted by Gasteiger charge is 2.45. The monoisotopic (exact) mass is 503 g/mol. The lowest BCUT2D eigenvalue weighted by atomic mass is 9.73. The van der Waals surface area contributed by atoms with E-state index in [4.69, 9.17) is 4.74 Å². The van der Waals surface area contributed by atoms with Gasteiger partial charge >= 0.3 is 0 Å². The Morgan fingerprint density at radius 3 is 2.84 bits per heavy atom. The van der Waals surface area contributed by atoms with Crippen LogP contribution in [-0.2, 0) is 17.1 Å². The third-order valence-electron chi connectivity index (χ3n) is 7.20. The first-order valence-electron chi connectivity index (χ1n) is 12.1. The number of morpholine rings is 1. The zero-order chi connectivity index (χ0) is 26.4. The zero-order valence-corrected chi connectivity index (χ0v) is 20.9. The molecular weight excluding hydrogens is 476 g/mol. The first-order chi connectivity index (χ1) is 17.6. The Kier molecular flexibility index (Phi) is 6.16. The summed E-state index contributed by atoms with van der Waals surface area (Å²) >= 11 is 0. The number of carbonyl (C=O) groups is 1. The summed E-state index contributed by atoms with van der Waals surface area (Å²) in [6.07, 6.45) is 3.38. The van der Waals surface area contributed by atoms with Gasteiger partial charge < -0.3 is 15.0 Å². The van der Waals surface area contributed by atoms with Gasteiger partial charge in [-0.05, 0) is 55.7 Å². The van der Waals surface area contributed by atoms with Crippen molar-refractivity contribution in [3.63, 3.8) is 0 Å². The van der Waals surface area contributed by atoms with Crippen molar-refractivity contribution in [3.05, 3.63) is 71.3 Å². The van der Waals surface area contributed by atoms with Gasteiger partial charge in [-0.1, -0.05) is 12.1 Å². The van der Waals surface area contributed by atoms with E-state index in [0.29, 0.717) is 31.9 Å². The smallest absolute Gasteiger partial charge is 0.286 e. The molecule has 7 nitrogen and oxygen atoms in total. The summed E-state index contributed by atoms with van der Waals surface area (Å²) in [5, 5.41) is 12.7. The summed E-state index contributed by atoms with van der Waals surface area (Å²) in [5.41, 5.74) is 4.28. The second-order valence-corrected chi connectivity index (χ2v) is 9.96. The van der Waals surface area contributed by atoms with Gasteiger partial charge in [-0.25, -0.2) is 0 Å². The fraction of sp³-hybridized carbons (Fsp3) is 0.357. The molecule has 37 heavy (non-hydrogen) atoms. The summed E-state index contributed by atoms with van der Waals surface area (Å²) in [7, 11) is 0. The molecular formula is C28H27F2N5O2. The minimum atomic E-state index is -3.15. The summed E-state index contributed by atoms with van der Waals surface area (Å²) < 4.78 is 33.0. The molecule has 0 radical (unpaired) electrons. The van der Waals surface area contributed by atoms with E-state index >= 15 is 0 Å². The van der Waals surface area contributed by atoms with Crippen LogP contribution >= 0.6 is 0 Å². The lowest BCUT2D eigenvalue weighted by Gasteiger charge is -2.49. The molecule has 1 unspecified atom stereocenters. The number of nitriles is 1. The van der Waals surface area contributed by atoms with E-state index in [9.17, 15) is 18.8 Å². The van der Waals surface area contributed by atoms with Crippen LogP contribution in [0.3, 0.4) is 0 Å². The highest BCUT2D eigenvalue weighted by Crippen LogP contribution is 2.44. The molecule has 0 spiro atoms. The molecule has 0 bridgehead atoms. The van der Waals surface area contributed by atoms with Gasteiger partial charge in [0.05, 0.1) is 42.6 Å². The van der Waals surface area contributed by atoms with Gasteiger partial charge in [0.2, 0.25) is 0 Å². The Bertz CT molecular complexity index is 1410. The van der Waals surface area contributed by atoms with Crippen molar-refractivity contribution in [1.82, 2.24) is 9.97 Å². The summed E-state index contributed by atoms with van der Waals surface area (Å²) in [6, 6.07) is 13.0. The van der Waals surface area contributed by atoms with Crippen LogP contribution in [0.2, 0.25) is 0 Å². The lowest BCUT2D eigenvalue weighted by molar-refractivity contribution is 0.0127. The van der Waals surface area contributed by atoms with Crippen LogP contribution in [0, 0.1) is 23.7 Å². The van der Waals surface area contributed by atoms with E-state index in [0.717, 1.165) is 41.1 Å². The second kappa shape index (κ2) is 9.20. The molecule has 1 amide bonds. The van der Waals surface area contributed by atoms with Gasteiger partial charge in [-0.2, -0.15) is 14.0 Å². The van der Waals surface area contributed by atoms with E-state index in [1.54, 1.807) is 6.20 Å². The van der Waals surface area contributed by atoms with Crippen molar-refractivity contribution in [1.29, 1.82) is 5.26 Å². The third kappa shape index (κ3) is 4.65. The molecule has 1 N–H and O–H groups in total. The molecule has 1 aromatic carbocycles. The molecule has 1 fully saturated rings. The van der Waals surface area contributed by atoms with Gasteiger partial charge in [0.15, 0.2) is 0 Å².